The molecule has 0 aromatic carbocycles. The Morgan fingerprint density at radius 3 is 2.21 bits per heavy atom. The van der Waals surface area contributed by atoms with Gasteiger partial charge < -0.3 is 9.80 Å². The molecule has 3 atom stereocenters. The Labute approximate surface area is 164 Å². The highest BCUT2D eigenvalue weighted by atomic mass is 19.4. The molecule has 0 unspecified atom stereocenters. The molecule has 0 bridgehead atoms. The zero-order valence-electron chi connectivity index (χ0n) is 16.7. The summed E-state index contributed by atoms with van der Waals surface area (Å²) in [6, 6.07) is 2.85. The van der Waals surface area contributed by atoms with Gasteiger partial charge in [0.2, 0.25) is 5.91 Å². The van der Waals surface area contributed by atoms with Crippen LogP contribution in [-0.4, -0.2) is 65.0 Å². The zero-order valence-corrected chi connectivity index (χ0v) is 16.7. The molecule has 2 aliphatic rings. The number of amides is 1. The molecule has 3 rings (SSSR count). The van der Waals surface area contributed by atoms with Crippen molar-refractivity contribution < 1.29 is 18.0 Å². The number of pyridine rings is 1. The minimum atomic E-state index is -4.37. The predicted octanol–water partition coefficient (Wildman–Crippen LogP) is 3.40. The van der Waals surface area contributed by atoms with E-state index in [1.54, 1.807) is 0 Å². The average molecular weight is 398 g/mol. The largest absolute Gasteiger partial charge is 0.417 e. The van der Waals surface area contributed by atoms with E-state index in [9.17, 15) is 18.0 Å². The van der Waals surface area contributed by atoms with Gasteiger partial charge in [-0.3, -0.25) is 9.69 Å². The number of likely N-dealkylation sites (tertiary alicyclic amines) is 1. The number of carbonyl (C=O) groups excluding carboxylic acids is 1. The van der Waals surface area contributed by atoms with Crippen LogP contribution in [0, 0.1) is 0 Å². The van der Waals surface area contributed by atoms with Gasteiger partial charge in [0.15, 0.2) is 0 Å². The molecule has 28 heavy (non-hydrogen) atoms. The van der Waals surface area contributed by atoms with Crippen LogP contribution in [0.3, 0.4) is 0 Å². The zero-order chi connectivity index (χ0) is 20.5. The molecule has 0 saturated carbocycles. The van der Waals surface area contributed by atoms with Crippen LogP contribution in [0.1, 0.15) is 45.6 Å². The smallest absolute Gasteiger partial charge is 0.354 e. The van der Waals surface area contributed by atoms with Crippen molar-refractivity contribution in [1.82, 2.24) is 14.8 Å². The SMILES string of the molecule is C[C@H](C(=O)N1[C@H](C)CCC[C@H]1C)N1CCN(c2ccc(C(F)(F)F)cn2)CC1. The number of anilines is 1. The van der Waals surface area contributed by atoms with Gasteiger partial charge in [0.25, 0.3) is 0 Å². The Balaban J connectivity index is 1.58. The fraction of sp³-hybridized carbons (Fsp3) is 0.700. The van der Waals surface area contributed by atoms with Crippen molar-refractivity contribution in [3.05, 3.63) is 23.9 Å². The van der Waals surface area contributed by atoms with Gasteiger partial charge in [0.1, 0.15) is 5.82 Å². The van der Waals surface area contributed by atoms with Gasteiger partial charge in [-0.25, -0.2) is 4.98 Å². The number of piperidine rings is 1. The summed E-state index contributed by atoms with van der Waals surface area (Å²) in [5.74, 6) is 0.728. The Hall–Kier alpha value is -1.83. The quantitative estimate of drug-likeness (QED) is 0.783. The molecule has 2 aliphatic heterocycles. The second kappa shape index (κ2) is 8.27. The maximum atomic E-state index is 13.1. The lowest BCUT2D eigenvalue weighted by Crippen LogP contribution is -2.58. The van der Waals surface area contributed by atoms with Crippen molar-refractivity contribution in [3.8, 4) is 0 Å². The van der Waals surface area contributed by atoms with Gasteiger partial charge in [-0.15, -0.1) is 0 Å². The van der Waals surface area contributed by atoms with E-state index >= 15 is 0 Å². The Kier molecular flexibility index (Phi) is 6.17. The number of carbonyl (C=O) groups is 1. The summed E-state index contributed by atoms with van der Waals surface area (Å²) in [6.07, 6.45) is -0.221. The van der Waals surface area contributed by atoms with E-state index < -0.39 is 11.7 Å². The van der Waals surface area contributed by atoms with Crippen LogP contribution in [0.5, 0.6) is 0 Å². The fourth-order valence-electron chi connectivity index (χ4n) is 4.31. The number of hydrogen-bond donors (Lipinski definition) is 0. The van der Waals surface area contributed by atoms with Gasteiger partial charge in [0, 0.05) is 44.5 Å². The summed E-state index contributed by atoms with van der Waals surface area (Å²) < 4.78 is 38.1. The standard InChI is InChI=1S/C20H29F3N4O/c1-14-5-4-6-15(2)27(14)19(28)16(3)25-9-11-26(12-10-25)18-8-7-17(13-24-18)20(21,22)23/h7-8,13-16H,4-6,9-12H2,1-3H3/t14-,15-,16-/m1/s1. The monoisotopic (exact) mass is 398 g/mol. The summed E-state index contributed by atoms with van der Waals surface area (Å²) in [4.78, 5) is 23.2. The summed E-state index contributed by atoms with van der Waals surface area (Å²) in [7, 11) is 0. The first-order valence-electron chi connectivity index (χ1n) is 10.0. The molecule has 0 spiro atoms. The molecule has 2 saturated heterocycles. The highest BCUT2D eigenvalue weighted by Gasteiger charge is 2.35. The Morgan fingerprint density at radius 1 is 1.11 bits per heavy atom. The summed E-state index contributed by atoms with van der Waals surface area (Å²) >= 11 is 0. The molecule has 156 valence electrons. The first-order valence-corrected chi connectivity index (χ1v) is 10.0. The number of halogens is 3. The fourth-order valence-corrected chi connectivity index (χ4v) is 4.31. The second-order valence-corrected chi connectivity index (χ2v) is 7.98. The van der Waals surface area contributed by atoms with E-state index in [-0.39, 0.29) is 24.0 Å². The van der Waals surface area contributed by atoms with E-state index in [0.717, 1.165) is 25.1 Å². The number of piperazine rings is 1. The van der Waals surface area contributed by atoms with Crippen molar-refractivity contribution in [2.45, 2.75) is 64.3 Å². The number of alkyl halides is 3. The predicted molar refractivity (Wildman–Crippen MR) is 102 cm³/mol. The van der Waals surface area contributed by atoms with Crippen molar-refractivity contribution in [3.63, 3.8) is 0 Å². The minimum Gasteiger partial charge on any atom is -0.354 e. The van der Waals surface area contributed by atoms with Gasteiger partial charge in [0.05, 0.1) is 11.6 Å². The lowest BCUT2D eigenvalue weighted by Gasteiger charge is -2.44. The first kappa shape index (κ1) is 20.9. The van der Waals surface area contributed by atoms with Crippen LogP contribution in [-0.2, 0) is 11.0 Å². The van der Waals surface area contributed by atoms with E-state index in [1.807, 2.05) is 16.7 Å². The number of hydrogen-bond acceptors (Lipinski definition) is 4. The van der Waals surface area contributed by atoms with Crippen LogP contribution in [0.4, 0.5) is 19.0 Å². The van der Waals surface area contributed by atoms with Crippen LogP contribution in [0.25, 0.3) is 0 Å². The molecule has 1 amide bonds. The van der Waals surface area contributed by atoms with E-state index in [2.05, 4.69) is 23.7 Å². The molecule has 0 aliphatic carbocycles. The lowest BCUT2D eigenvalue weighted by atomic mass is 9.96. The van der Waals surface area contributed by atoms with Crippen LogP contribution in [0.15, 0.2) is 18.3 Å². The first-order chi connectivity index (χ1) is 13.2. The van der Waals surface area contributed by atoms with Crippen LogP contribution < -0.4 is 4.90 Å². The second-order valence-electron chi connectivity index (χ2n) is 7.98. The molecule has 0 N–H and O–H groups in total. The number of rotatable bonds is 3. The highest BCUT2D eigenvalue weighted by molar-refractivity contribution is 5.82. The van der Waals surface area contributed by atoms with Gasteiger partial charge in [-0.05, 0) is 52.2 Å². The molecular weight excluding hydrogens is 369 g/mol. The van der Waals surface area contributed by atoms with Gasteiger partial charge in [-0.2, -0.15) is 13.2 Å². The third-order valence-corrected chi connectivity index (χ3v) is 6.07. The van der Waals surface area contributed by atoms with Gasteiger partial charge >= 0.3 is 6.18 Å². The normalized spacial score (nSPS) is 25.6. The minimum absolute atomic E-state index is 0.181. The summed E-state index contributed by atoms with van der Waals surface area (Å²) in [6.45, 7) is 8.85. The van der Waals surface area contributed by atoms with E-state index in [1.165, 1.54) is 12.5 Å². The molecule has 1 aromatic rings. The Bertz CT molecular complexity index is 661. The van der Waals surface area contributed by atoms with E-state index in [0.29, 0.717) is 32.0 Å². The number of nitrogens with zero attached hydrogens (tertiary/aromatic N) is 4. The molecule has 2 fully saturated rings. The molecule has 1 aromatic heterocycles. The van der Waals surface area contributed by atoms with Crippen molar-refractivity contribution in [2.75, 3.05) is 31.1 Å². The van der Waals surface area contributed by atoms with Crippen LogP contribution >= 0.6 is 0 Å². The molecule has 8 heteroatoms. The maximum absolute atomic E-state index is 13.1. The Morgan fingerprint density at radius 2 is 1.71 bits per heavy atom. The average Bonchev–Trinajstić information content (AvgIpc) is 2.67. The maximum Gasteiger partial charge on any atom is 0.417 e. The number of aromatic nitrogens is 1. The summed E-state index contributed by atoms with van der Waals surface area (Å²) in [5.41, 5.74) is -0.737. The summed E-state index contributed by atoms with van der Waals surface area (Å²) in [5, 5.41) is 0. The third kappa shape index (κ3) is 4.42. The van der Waals surface area contributed by atoms with Crippen molar-refractivity contribution >= 4 is 11.7 Å². The molecular formula is C20H29F3N4O. The highest BCUT2D eigenvalue weighted by Crippen LogP contribution is 2.30. The molecule has 3 heterocycles. The van der Waals surface area contributed by atoms with Crippen LogP contribution in [0.2, 0.25) is 0 Å². The lowest BCUT2D eigenvalue weighted by molar-refractivity contribution is -0.142. The van der Waals surface area contributed by atoms with Crippen molar-refractivity contribution in [1.29, 1.82) is 0 Å². The van der Waals surface area contributed by atoms with Crippen molar-refractivity contribution in [2.24, 2.45) is 0 Å². The van der Waals surface area contributed by atoms with Gasteiger partial charge in [-0.1, -0.05) is 0 Å². The molecule has 0 radical (unpaired) electrons. The third-order valence-electron chi connectivity index (χ3n) is 6.07. The topological polar surface area (TPSA) is 39.7 Å². The molecule has 5 nitrogen and oxygen atoms in total. The van der Waals surface area contributed by atoms with E-state index in [4.69, 9.17) is 0 Å².